The Hall–Kier alpha value is -5.29. The number of thioether (sulfide) groups is 1. The van der Waals surface area contributed by atoms with Crippen molar-refractivity contribution < 1.29 is 58.5 Å². The summed E-state index contributed by atoms with van der Waals surface area (Å²) in [4.78, 5) is 122. The number of nitrogens with zero attached hydrogens (tertiary/aromatic N) is 1. The molecule has 59 heavy (non-hydrogen) atoms. The van der Waals surface area contributed by atoms with Crippen LogP contribution in [0.4, 0.5) is 0 Å². The van der Waals surface area contributed by atoms with Crippen molar-refractivity contribution in [1.29, 1.82) is 0 Å². The molecule has 0 aliphatic carbocycles. The summed E-state index contributed by atoms with van der Waals surface area (Å²) in [5.41, 5.74) is 11.8. The zero-order valence-corrected chi connectivity index (χ0v) is 34.8. The number of carboxylic acid groups (broad SMARTS) is 3. The standard InChI is InChI=1S/C36H60N10O12S/c1-18(2)28(45-30(51)21(38)15-27(49)50)34(55)43-23(9-10-26(47)48)33(54)46-29(19(3)4)35(56)42-22(8-6-7-12-37)31(52)41-24(11-13-59-5)32(53)44-25(36(57)58)14-20-16-39-17-40-20/h16-19,21-25,28-29H,6-15,37-38H2,1-5H3,(H,39,40)(H,41,52)(H,42,56)(H,43,55)(H,44,53)(H,45,51)(H,46,54)(H,47,48)(H,49,50)(H,57,58)/t21-,22-,23-,24-,25-,28-,29-/m0/s1. The van der Waals surface area contributed by atoms with Crippen LogP contribution in [-0.4, -0.2) is 139 Å². The van der Waals surface area contributed by atoms with Crippen LogP contribution in [0.2, 0.25) is 0 Å². The molecule has 1 aromatic heterocycles. The first-order valence-corrected chi connectivity index (χ1v) is 20.5. The number of hydrogen-bond donors (Lipinski definition) is 12. The van der Waals surface area contributed by atoms with Crippen molar-refractivity contribution in [2.45, 2.75) is 121 Å². The summed E-state index contributed by atoms with van der Waals surface area (Å²) in [5.74, 6) is -9.91. The maximum Gasteiger partial charge on any atom is 0.326 e. The van der Waals surface area contributed by atoms with Crippen LogP contribution >= 0.6 is 11.8 Å². The van der Waals surface area contributed by atoms with Crippen LogP contribution in [0, 0.1) is 11.8 Å². The number of carbonyl (C=O) groups is 9. The van der Waals surface area contributed by atoms with Crippen LogP contribution in [0.15, 0.2) is 12.5 Å². The van der Waals surface area contributed by atoms with E-state index in [-0.39, 0.29) is 25.8 Å². The lowest BCUT2D eigenvalue weighted by molar-refractivity contribution is -0.142. The normalized spacial score (nSPS) is 14.7. The second-order valence-corrected chi connectivity index (χ2v) is 15.5. The van der Waals surface area contributed by atoms with Crippen LogP contribution in [-0.2, 0) is 49.6 Å². The minimum Gasteiger partial charge on any atom is -0.481 e. The van der Waals surface area contributed by atoms with E-state index in [2.05, 4.69) is 41.9 Å². The molecule has 0 radical (unpaired) electrons. The minimum absolute atomic E-state index is 0.0672. The van der Waals surface area contributed by atoms with Crippen molar-refractivity contribution in [3.63, 3.8) is 0 Å². The van der Waals surface area contributed by atoms with Crippen LogP contribution < -0.4 is 43.4 Å². The largest absolute Gasteiger partial charge is 0.481 e. The van der Waals surface area contributed by atoms with Gasteiger partial charge in [0.25, 0.3) is 0 Å². The maximum atomic E-state index is 13.8. The number of hydrogen-bond acceptors (Lipinski definition) is 13. The van der Waals surface area contributed by atoms with E-state index in [1.54, 1.807) is 34.0 Å². The van der Waals surface area contributed by atoms with Gasteiger partial charge >= 0.3 is 17.9 Å². The van der Waals surface area contributed by atoms with E-state index in [9.17, 15) is 53.4 Å². The number of nitrogens with two attached hydrogens (primary N) is 2. The second kappa shape index (κ2) is 26.7. The van der Waals surface area contributed by atoms with E-state index in [1.165, 1.54) is 24.3 Å². The number of aromatic nitrogens is 2. The Morgan fingerprint density at radius 2 is 1.17 bits per heavy atom. The molecular weight excluding hydrogens is 797 g/mol. The van der Waals surface area contributed by atoms with Gasteiger partial charge < -0.3 is 63.7 Å². The van der Waals surface area contributed by atoms with Crippen molar-refractivity contribution in [1.82, 2.24) is 41.9 Å². The van der Waals surface area contributed by atoms with Crippen LogP contribution in [0.1, 0.15) is 78.3 Å². The zero-order chi connectivity index (χ0) is 44.8. The number of aliphatic carboxylic acids is 3. The molecule has 0 saturated carbocycles. The lowest BCUT2D eigenvalue weighted by Crippen LogP contribution is -2.61. The van der Waals surface area contributed by atoms with Crippen LogP contribution in [0.5, 0.6) is 0 Å². The van der Waals surface area contributed by atoms with E-state index >= 15 is 0 Å². The Morgan fingerprint density at radius 3 is 1.63 bits per heavy atom. The topological polar surface area (TPSA) is 367 Å². The van der Waals surface area contributed by atoms with E-state index in [0.29, 0.717) is 24.3 Å². The van der Waals surface area contributed by atoms with Gasteiger partial charge in [0.05, 0.1) is 18.8 Å². The van der Waals surface area contributed by atoms with Gasteiger partial charge in [0, 0.05) is 24.7 Å². The molecule has 0 fully saturated rings. The fourth-order valence-electron chi connectivity index (χ4n) is 5.55. The molecular formula is C36H60N10O12S. The monoisotopic (exact) mass is 856 g/mol. The Labute approximate surface area is 346 Å². The van der Waals surface area contributed by atoms with Crippen LogP contribution in [0.3, 0.4) is 0 Å². The van der Waals surface area contributed by atoms with Crippen molar-refractivity contribution in [2.75, 3.05) is 18.6 Å². The maximum absolute atomic E-state index is 13.8. The van der Waals surface area contributed by atoms with Crippen molar-refractivity contribution in [2.24, 2.45) is 23.3 Å². The first kappa shape index (κ1) is 51.7. The predicted molar refractivity (Wildman–Crippen MR) is 214 cm³/mol. The van der Waals surface area contributed by atoms with Gasteiger partial charge in [-0.3, -0.25) is 38.4 Å². The second-order valence-electron chi connectivity index (χ2n) is 14.5. The summed E-state index contributed by atoms with van der Waals surface area (Å²) in [5, 5.41) is 43.1. The lowest BCUT2D eigenvalue weighted by Gasteiger charge is -2.29. The molecule has 1 rings (SSSR count). The summed E-state index contributed by atoms with van der Waals surface area (Å²) in [6.07, 6.45) is 3.76. The number of unbranched alkanes of at least 4 members (excludes halogenated alkanes) is 1. The molecule has 0 bridgehead atoms. The number of aromatic amines is 1. The highest BCUT2D eigenvalue weighted by atomic mass is 32.2. The van der Waals surface area contributed by atoms with Crippen molar-refractivity contribution >= 4 is 65.1 Å². The molecule has 7 atom stereocenters. The SMILES string of the molecule is CSCC[C@H](NC(=O)[C@H](CCCCN)NC(=O)[C@@H](NC(=O)[C@H](CCC(=O)O)NC(=O)[C@@H](NC(=O)[C@@H](N)CC(=O)O)C(C)C)C(C)C)C(=O)N[C@@H](Cc1cnc[nH]1)C(=O)O. The highest BCUT2D eigenvalue weighted by Crippen LogP contribution is 2.11. The third-order valence-corrected chi connectivity index (χ3v) is 9.57. The quantitative estimate of drug-likeness (QED) is 0.0381. The van der Waals surface area contributed by atoms with Gasteiger partial charge in [0.1, 0.15) is 36.3 Å². The molecule has 6 amide bonds. The number of nitrogens with one attached hydrogen (secondary N) is 7. The molecule has 0 aliphatic rings. The number of carboxylic acids is 3. The smallest absolute Gasteiger partial charge is 0.326 e. The first-order chi connectivity index (χ1) is 27.7. The molecule has 332 valence electrons. The van der Waals surface area contributed by atoms with E-state index < -0.39 is 127 Å². The van der Waals surface area contributed by atoms with E-state index in [4.69, 9.17) is 16.6 Å². The molecule has 0 spiro atoms. The van der Waals surface area contributed by atoms with E-state index in [1.807, 2.05) is 0 Å². The van der Waals surface area contributed by atoms with Gasteiger partial charge in [-0.25, -0.2) is 9.78 Å². The summed E-state index contributed by atoms with van der Waals surface area (Å²) in [6.45, 7) is 6.58. The third kappa shape index (κ3) is 19.3. The molecule has 22 nitrogen and oxygen atoms in total. The summed E-state index contributed by atoms with van der Waals surface area (Å²) >= 11 is 1.38. The zero-order valence-electron chi connectivity index (χ0n) is 33.9. The van der Waals surface area contributed by atoms with Crippen molar-refractivity contribution in [3.05, 3.63) is 18.2 Å². The van der Waals surface area contributed by atoms with Crippen LogP contribution in [0.25, 0.3) is 0 Å². The predicted octanol–water partition coefficient (Wildman–Crippen LogP) is -2.19. The van der Waals surface area contributed by atoms with Gasteiger partial charge in [-0.05, 0) is 62.5 Å². The van der Waals surface area contributed by atoms with Gasteiger partial charge in [0.2, 0.25) is 35.4 Å². The highest BCUT2D eigenvalue weighted by molar-refractivity contribution is 7.98. The first-order valence-electron chi connectivity index (χ1n) is 19.1. The highest BCUT2D eigenvalue weighted by Gasteiger charge is 2.35. The summed E-state index contributed by atoms with van der Waals surface area (Å²) < 4.78 is 0. The van der Waals surface area contributed by atoms with Gasteiger partial charge in [-0.1, -0.05) is 27.7 Å². The Kier molecular flexibility index (Phi) is 23.4. The van der Waals surface area contributed by atoms with Gasteiger partial charge in [-0.15, -0.1) is 0 Å². The van der Waals surface area contributed by atoms with Crippen molar-refractivity contribution in [3.8, 4) is 0 Å². The Morgan fingerprint density at radius 1 is 0.678 bits per heavy atom. The fraction of sp³-hybridized carbons (Fsp3) is 0.667. The fourth-order valence-corrected chi connectivity index (χ4v) is 6.02. The van der Waals surface area contributed by atoms with Gasteiger partial charge in [-0.2, -0.15) is 11.8 Å². The minimum atomic E-state index is -1.53. The summed E-state index contributed by atoms with van der Waals surface area (Å²) in [6, 6.07) is -9.45. The van der Waals surface area contributed by atoms with Gasteiger partial charge in [0.15, 0.2) is 0 Å². The molecule has 0 aliphatic heterocycles. The Bertz CT molecular complexity index is 1580. The molecule has 0 aromatic carbocycles. The average Bonchev–Trinajstić information content (AvgIpc) is 3.67. The molecule has 14 N–H and O–H groups in total. The van der Waals surface area contributed by atoms with E-state index in [0.717, 1.165) is 0 Å². The number of carbonyl (C=O) groups excluding carboxylic acids is 6. The Balaban J connectivity index is 3.29. The molecule has 0 unspecified atom stereocenters. The number of H-pyrrole nitrogens is 1. The number of rotatable bonds is 29. The summed E-state index contributed by atoms with van der Waals surface area (Å²) in [7, 11) is 0. The number of imidazole rings is 1. The molecule has 23 heteroatoms. The average molecular weight is 857 g/mol. The molecule has 0 saturated heterocycles. The number of amides is 6. The molecule has 1 heterocycles. The third-order valence-electron chi connectivity index (χ3n) is 8.92. The lowest BCUT2D eigenvalue weighted by atomic mass is 9.99. The molecule has 1 aromatic rings.